The molecule has 0 fully saturated rings. The molecule has 0 aromatic heterocycles. The summed E-state index contributed by atoms with van der Waals surface area (Å²) in [6.45, 7) is 2.20. The highest BCUT2D eigenvalue weighted by molar-refractivity contribution is 5.88. The molecular formula is C15H16FN. The number of rotatable bonds is 0. The van der Waals surface area contributed by atoms with E-state index < -0.39 is 0 Å². The number of fused-ring (bicyclic) bond motifs is 3. The molecule has 1 aliphatic carbocycles. The second kappa shape index (κ2) is 3.81. The molecule has 0 aliphatic heterocycles. The Hall–Kier alpha value is -1.41. The van der Waals surface area contributed by atoms with E-state index in [9.17, 15) is 4.39 Å². The molecule has 0 bridgehead atoms. The van der Waals surface area contributed by atoms with Gasteiger partial charge in [-0.3, -0.25) is 0 Å². The van der Waals surface area contributed by atoms with Crippen LogP contribution in [0.1, 0.15) is 42.9 Å². The molecule has 3 rings (SSSR count). The molecule has 0 radical (unpaired) electrons. The van der Waals surface area contributed by atoms with Gasteiger partial charge in [0.05, 0.1) is 0 Å². The van der Waals surface area contributed by atoms with E-state index in [-0.39, 0.29) is 11.9 Å². The largest absolute Gasteiger partial charge is 0.324 e. The highest BCUT2D eigenvalue weighted by Gasteiger charge is 2.25. The Morgan fingerprint density at radius 1 is 1.18 bits per heavy atom. The van der Waals surface area contributed by atoms with Crippen LogP contribution in [0, 0.1) is 5.82 Å². The smallest absolute Gasteiger partial charge is 0.131 e. The zero-order chi connectivity index (χ0) is 12.0. The standard InChI is InChI=1S/C15H16FN/c1-9-6-7-14(17)12-8-13(16)10-4-2-3-5-11(10)15(9)12/h2-5,8-9,14H,6-7,17H2,1H3/t9?,14-/m0/s1. The van der Waals surface area contributed by atoms with Gasteiger partial charge in [-0.1, -0.05) is 31.2 Å². The molecule has 2 aromatic carbocycles. The van der Waals surface area contributed by atoms with Crippen molar-refractivity contribution in [3.8, 4) is 0 Å². The van der Waals surface area contributed by atoms with Crippen LogP contribution >= 0.6 is 0 Å². The lowest BCUT2D eigenvalue weighted by atomic mass is 9.78. The van der Waals surface area contributed by atoms with Gasteiger partial charge in [0.15, 0.2) is 0 Å². The predicted molar refractivity (Wildman–Crippen MR) is 68.5 cm³/mol. The molecule has 2 atom stereocenters. The Labute approximate surface area is 100 Å². The minimum absolute atomic E-state index is 0.0136. The van der Waals surface area contributed by atoms with Crippen LogP contribution < -0.4 is 5.73 Å². The minimum atomic E-state index is -0.149. The topological polar surface area (TPSA) is 26.0 Å². The quantitative estimate of drug-likeness (QED) is 0.729. The van der Waals surface area contributed by atoms with Crippen LogP contribution in [0.3, 0.4) is 0 Å². The Balaban J connectivity index is 2.41. The van der Waals surface area contributed by atoms with Gasteiger partial charge in [0.25, 0.3) is 0 Å². The Kier molecular flexibility index (Phi) is 2.40. The first kappa shape index (κ1) is 10.7. The molecule has 0 heterocycles. The Morgan fingerprint density at radius 3 is 2.65 bits per heavy atom. The maximum Gasteiger partial charge on any atom is 0.131 e. The lowest BCUT2D eigenvalue weighted by Crippen LogP contribution is -2.20. The van der Waals surface area contributed by atoms with Crippen molar-refractivity contribution in [2.75, 3.05) is 0 Å². The van der Waals surface area contributed by atoms with Crippen LogP contribution in [0.5, 0.6) is 0 Å². The molecule has 1 unspecified atom stereocenters. The summed E-state index contributed by atoms with van der Waals surface area (Å²) in [7, 11) is 0. The third kappa shape index (κ3) is 1.55. The highest BCUT2D eigenvalue weighted by atomic mass is 19.1. The highest BCUT2D eigenvalue weighted by Crippen LogP contribution is 2.41. The van der Waals surface area contributed by atoms with Crippen LogP contribution in [0.2, 0.25) is 0 Å². The van der Waals surface area contributed by atoms with Gasteiger partial charge >= 0.3 is 0 Å². The summed E-state index contributed by atoms with van der Waals surface area (Å²) in [5.74, 6) is 0.319. The third-order valence-electron chi connectivity index (χ3n) is 3.87. The maximum atomic E-state index is 14.0. The van der Waals surface area contributed by atoms with Crippen molar-refractivity contribution >= 4 is 10.8 Å². The van der Waals surface area contributed by atoms with E-state index in [1.807, 2.05) is 24.3 Å². The van der Waals surface area contributed by atoms with Crippen LogP contribution in [0.25, 0.3) is 10.8 Å². The molecule has 1 aliphatic rings. The molecule has 0 saturated carbocycles. The molecular weight excluding hydrogens is 213 g/mol. The minimum Gasteiger partial charge on any atom is -0.324 e. The van der Waals surface area contributed by atoms with Crippen LogP contribution in [0.4, 0.5) is 4.39 Å². The van der Waals surface area contributed by atoms with Gasteiger partial charge in [-0.25, -0.2) is 4.39 Å². The SMILES string of the molecule is CC1CC[C@H](N)c2cc(F)c3ccccc3c21. The van der Waals surface area contributed by atoms with E-state index in [0.29, 0.717) is 11.3 Å². The summed E-state index contributed by atoms with van der Waals surface area (Å²) >= 11 is 0. The summed E-state index contributed by atoms with van der Waals surface area (Å²) in [6.07, 6.45) is 2.04. The first-order valence-electron chi connectivity index (χ1n) is 6.15. The van der Waals surface area contributed by atoms with E-state index in [0.717, 1.165) is 23.8 Å². The van der Waals surface area contributed by atoms with Crippen molar-refractivity contribution in [1.29, 1.82) is 0 Å². The number of benzene rings is 2. The zero-order valence-electron chi connectivity index (χ0n) is 9.91. The first-order valence-corrected chi connectivity index (χ1v) is 6.15. The van der Waals surface area contributed by atoms with Crippen molar-refractivity contribution in [2.24, 2.45) is 5.73 Å². The van der Waals surface area contributed by atoms with Crippen molar-refractivity contribution < 1.29 is 4.39 Å². The Morgan fingerprint density at radius 2 is 1.88 bits per heavy atom. The lowest BCUT2D eigenvalue weighted by molar-refractivity contribution is 0.512. The number of hydrogen-bond donors (Lipinski definition) is 1. The second-order valence-electron chi connectivity index (χ2n) is 4.99. The van der Waals surface area contributed by atoms with Crippen molar-refractivity contribution in [2.45, 2.75) is 31.7 Å². The molecule has 1 nitrogen and oxygen atoms in total. The molecule has 2 N–H and O–H groups in total. The monoisotopic (exact) mass is 229 g/mol. The molecule has 0 spiro atoms. The summed E-state index contributed by atoms with van der Waals surface area (Å²) in [6, 6.07) is 9.32. The fourth-order valence-corrected chi connectivity index (χ4v) is 2.96. The lowest BCUT2D eigenvalue weighted by Gasteiger charge is -2.29. The normalized spacial score (nSPS) is 23.7. The number of nitrogens with two attached hydrogens (primary N) is 1. The van der Waals surface area contributed by atoms with Gasteiger partial charge in [-0.15, -0.1) is 0 Å². The molecule has 2 aromatic rings. The molecule has 2 heteroatoms. The van der Waals surface area contributed by atoms with Crippen LogP contribution in [-0.4, -0.2) is 0 Å². The third-order valence-corrected chi connectivity index (χ3v) is 3.87. The van der Waals surface area contributed by atoms with E-state index in [1.54, 1.807) is 6.07 Å². The van der Waals surface area contributed by atoms with Crippen LogP contribution in [0.15, 0.2) is 30.3 Å². The van der Waals surface area contributed by atoms with Gasteiger partial charge in [-0.05, 0) is 41.3 Å². The number of hydrogen-bond acceptors (Lipinski definition) is 1. The van der Waals surface area contributed by atoms with Crippen molar-refractivity contribution in [3.63, 3.8) is 0 Å². The van der Waals surface area contributed by atoms with Gasteiger partial charge in [0.1, 0.15) is 5.82 Å². The average molecular weight is 229 g/mol. The fraction of sp³-hybridized carbons (Fsp3) is 0.333. The second-order valence-corrected chi connectivity index (χ2v) is 4.99. The van der Waals surface area contributed by atoms with Gasteiger partial charge in [0.2, 0.25) is 0 Å². The van der Waals surface area contributed by atoms with Crippen LogP contribution in [-0.2, 0) is 0 Å². The maximum absolute atomic E-state index is 14.0. The van der Waals surface area contributed by atoms with E-state index in [4.69, 9.17) is 5.73 Å². The van der Waals surface area contributed by atoms with Crippen molar-refractivity contribution in [3.05, 3.63) is 47.3 Å². The first-order chi connectivity index (χ1) is 8.18. The van der Waals surface area contributed by atoms with Gasteiger partial charge in [0, 0.05) is 11.4 Å². The molecule has 0 amide bonds. The average Bonchev–Trinajstić information content (AvgIpc) is 2.34. The van der Waals surface area contributed by atoms with E-state index in [1.165, 1.54) is 5.56 Å². The summed E-state index contributed by atoms with van der Waals surface area (Å²) < 4.78 is 14.0. The fourth-order valence-electron chi connectivity index (χ4n) is 2.96. The van der Waals surface area contributed by atoms with Gasteiger partial charge < -0.3 is 5.73 Å². The summed E-state index contributed by atoms with van der Waals surface area (Å²) in [4.78, 5) is 0. The summed E-state index contributed by atoms with van der Waals surface area (Å²) in [5, 5.41) is 1.75. The Bertz CT molecular complexity index is 576. The van der Waals surface area contributed by atoms with E-state index >= 15 is 0 Å². The summed E-state index contributed by atoms with van der Waals surface area (Å²) in [5.41, 5.74) is 8.35. The predicted octanol–water partition coefficient (Wildman–Crippen LogP) is 3.88. The van der Waals surface area contributed by atoms with E-state index in [2.05, 4.69) is 6.92 Å². The van der Waals surface area contributed by atoms with Gasteiger partial charge in [-0.2, -0.15) is 0 Å². The zero-order valence-corrected chi connectivity index (χ0v) is 9.91. The van der Waals surface area contributed by atoms with Crippen molar-refractivity contribution in [1.82, 2.24) is 0 Å². The molecule has 17 heavy (non-hydrogen) atoms. The molecule has 0 saturated heterocycles. The molecule has 88 valence electrons. The number of halogens is 1.